The summed E-state index contributed by atoms with van der Waals surface area (Å²) in [6.45, 7) is 1.90. The lowest BCUT2D eigenvalue weighted by atomic mass is 9.77. The fourth-order valence-corrected chi connectivity index (χ4v) is 4.38. The van der Waals surface area contributed by atoms with Gasteiger partial charge in [0.15, 0.2) is 5.69 Å². The maximum Gasteiger partial charge on any atom is 0.303 e. The number of aliphatic carboxylic acids is 1. The van der Waals surface area contributed by atoms with Crippen LogP contribution >= 0.6 is 0 Å². The summed E-state index contributed by atoms with van der Waals surface area (Å²) in [6.07, 6.45) is 5.98. The largest absolute Gasteiger partial charge is 0.481 e. The van der Waals surface area contributed by atoms with Crippen LogP contribution in [0.15, 0.2) is 48.7 Å². The van der Waals surface area contributed by atoms with E-state index in [0.29, 0.717) is 23.2 Å². The van der Waals surface area contributed by atoms with Crippen LogP contribution in [0.2, 0.25) is 0 Å². The Labute approximate surface area is 187 Å². The van der Waals surface area contributed by atoms with Crippen molar-refractivity contribution in [2.45, 2.75) is 44.9 Å². The molecule has 1 amide bonds. The number of rotatable bonds is 6. The van der Waals surface area contributed by atoms with Gasteiger partial charge >= 0.3 is 5.97 Å². The van der Waals surface area contributed by atoms with E-state index in [1.165, 1.54) is 5.56 Å². The van der Waals surface area contributed by atoms with Crippen molar-refractivity contribution in [2.24, 2.45) is 13.0 Å². The molecule has 1 aliphatic carbocycles. The second-order valence-corrected chi connectivity index (χ2v) is 8.62. The fraction of sp³-hybridized carbons (Fsp3) is 0.360. The zero-order valence-corrected chi connectivity index (χ0v) is 18.4. The number of hydrogen-bond donors (Lipinski definition) is 2. The minimum atomic E-state index is -0.692. The maximum absolute atomic E-state index is 12.4. The van der Waals surface area contributed by atoms with Crippen molar-refractivity contribution in [2.75, 3.05) is 5.32 Å². The van der Waals surface area contributed by atoms with E-state index in [-0.39, 0.29) is 12.3 Å². The number of nitrogens with one attached hydrogen (secondary N) is 1. The van der Waals surface area contributed by atoms with Gasteiger partial charge in [-0.2, -0.15) is 5.10 Å². The number of nitrogens with zero attached hydrogens (tertiary/aromatic N) is 3. The molecule has 0 atom stereocenters. The summed E-state index contributed by atoms with van der Waals surface area (Å²) in [6, 6.07) is 13.9. The predicted octanol–water partition coefficient (Wildman–Crippen LogP) is 4.79. The molecule has 1 aromatic carbocycles. The molecule has 0 spiro atoms. The number of amides is 1. The van der Waals surface area contributed by atoms with Crippen LogP contribution in [0, 0.1) is 12.8 Å². The Hall–Kier alpha value is -3.48. The molecule has 2 N–H and O–H groups in total. The van der Waals surface area contributed by atoms with Crippen LogP contribution < -0.4 is 5.32 Å². The molecule has 1 saturated carbocycles. The van der Waals surface area contributed by atoms with Crippen LogP contribution in [0.3, 0.4) is 0 Å². The van der Waals surface area contributed by atoms with Gasteiger partial charge in [-0.1, -0.05) is 24.3 Å². The van der Waals surface area contributed by atoms with Gasteiger partial charge in [-0.05, 0) is 68.2 Å². The molecule has 4 rings (SSSR count). The minimum Gasteiger partial charge on any atom is -0.481 e. The lowest BCUT2D eigenvalue weighted by Gasteiger charge is -2.28. The van der Waals surface area contributed by atoms with Crippen LogP contribution in [0.4, 0.5) is 5.69 Å². The number of carbonyl (C=O) groups excluding carboxylic acids is 1. The first-order valence-electron chi connectivity index (χ1n) is 11.0. The van der Waals surface area contributed by atoms with Gasteiger partial charge in [0.25, 0.3) is 5.91 Å². The first-order valence-corrected chi connectivity index (χ1v) is 11.0. The highest BCUT2D eigenvalue weighted by molar-refractivity contribution is 6.02. The van der Waals surface area contributed by atoms with Crippen molar-refractivity contribution >= 4 is 17.6 Å². The van der Waals surface area contributed by atoms with Crippen LogP contribution in [0.1, 0.15) is 59.8 Å². The number of pyridine rings is 1. The average molecular weight is 433 g/mol. The first kappa shape index (κ1) is 21.7. The Morgan fingerprint density at radius 2 is 1.81 bits per heavy atom. The lowest BCUT2D eigenvalue weighted by molar-refractivity contribution is -0.138. The van der Waals surface area contributed by atoms with E-state index in [1.807, 2.05) is 19.1 Å². The summed E-state index contributed by atoms with van der Waals surface area (Å²) in [4.78, 5) is 27.8. The minimum absolute atomic E-state index is 0.259. The van der Waals surface area contributed by atoms with Crippen LogP contribution in [-0.2, 0) is 11.8 Å². The van der Waals surface area contributed by atoms with E-state index < -0.39 is 5.97 Å². The zero-order chi connectivity index (χ0) is 22.7. The van der Waals surface area contributed by atoms with Gasteiger partial charge in [0.2, 0.25) is 0 Å². The lowest BCUT2D eigenvalue weighted by Crippen LogP contribution is -2.16. The van der Waals surface area contributed by atoms with Gasteiger partial charge in [-0.15, -0.1) is 0 Å². The van der Waals surface area contributed by atoms with Gasteiger partial charge in [0.05, 0.1) is 17.6 Å². The van der Waals surface area contributed by atoms with Crippen molar-refractivity contribution in [1.82, 2.24) is 14.8 Å². The molecule has 166 valence electrons. The third-order valence-electron chi connectivity index (χ3n) is 6.36. The molecule has 7 nitrogen and oxygen atoms in total. The Kier molecular flexibility index (Phi) is 6.35. The molecular weight excluding hydrogens is 404 g/mol. The molecular formula is C25H28N4O3. The van der Waals surface area contributed by atoms with Gasteiger partial charge in [0, 0.05) is 24.7 Å². The Balaban J connectivity index is 1.36. The topological polar surface area (TPSA) is 97.1 Å². The molecule has 0 bridgehead atoms. The van der Waals surface area contributed by atoms with E-state index in [4.69, 9.17) is 5.11 Å². The maximum atomic E-state index is 12.4. The summed E-state index contributed by atoms with van der Waals surface area (Å²) in [5.74, 6) is -0.142. The van der Waals surface area contributed by atoms with E-state index in [0.717, 1.165) is 42.6 Å². The molecule has 0 unspecified atom stereocenters. The second-order valence-electron chi connectivity index (χ2n) is 8.62. The number of carboxylic acid groups (broad SMARTS) is 1. The Morgan fingerprint density at radius 1 is 1.09 bits per heavy atom. The van der Waals surface area contributed by atoms with Gasteiger partial charge < -0.3 is 10.4 Å². The highest BCUT2D eigenvalue weighted by Gasteiger charge is 2.24. The molecule has 32 heavy (non-hydrogen) atoms. The smallest absolute Gasteiger partial charge is 0.303 e. The Morgan fingerprint density at radius 3 is 2.38 bits per heavy atom. The number of benzene rings is 1. The number of aryl methyl sites for hydroxylation is 2. The Bertz CT molecular complexity index is 1080. The van der Waals surface area contributed by atoms with Crippen molar-refractivity contribution in [3.63, 3.8) is 0 Å². The first-order chi connectivity index (χ1) is 15.4. The molecule has 2 aromatic heterocycles. The third-order valence-corrected chi connectivity index (χ3v) is 6.36. The summed E-state index contributed by atoms with van der Waals surface area (Å²) < 4.78 is 1.67. The standard InChI is InChI=1S/C25H28N4O3/c1-16-13-23(28-29(16)2)25(32)27-21-11-12-22(26-15-21)20-9-7-19(8-10-20)18-5-3-17(4-6-18)14-24(30)31/h7-13,15,17-18H,3-6,14H2,1-2H3,(H,27,32)(H,30,31). The summed E-state index contributed by atoms with van der Waals surface area (Å²) in [5.41, 5.74) is 5.08. The van der Waals surface area contributed by atoms with Crippen molar-refractivity contribution in [3.8, 4) is 11.3 Å². The monoisotopic (exact) mass is 432 g/mol. The molecule has 0 saturated heterocycles. The SMILES string of the molecule is Cc1cc(C(=O)Nc2ccc(-c3ccc(C4CCC(CC(=O)O)CC4)cc3)nc2)nn1C. The van der Waals surface area contributed by atoms with Crippen molar-refractivity contribution in [1.29, 1.82) is 0 Å². The van der Waals surface area contributed by atoms with Gasteiger partial charge in [0.1, 0.15) is 0 Å². The summed E-state index contributed by atoms with van der Waals surface area (Å²) >= 11 is 0. The van der Waals surface area contributed by atoms with Crippen LogP contribution in [-0.4, -0.2) is 31.7 Å². The number of carboxylic acids is 1. The molecule has 1 fully saturated rings. The molecule has 0 aliphatic heterocycles. The normalized spacial score (nSPS) is 18.3. The van der Waals surface area contributed by atoms with E-state index in [9.17, 15) is 9.59 Å². The van der Waals surface area contributed by atoms with E-state index in [2.05, 4.69) is 39.7 Å². The van der Waals surface area contributed by atoms with E-state index in [1.54, 1.807) is 24.0 Å². The highest BCUT2D eigenvalue weighted by atomic mass is 16.4. The summed E-state index contributed by atoms with van der Waals surface area (Å²) in [7, 11) is 1.80. The quantitative estimate of drug-likeness (QED) is 0.584. The van der Waals surface area contributed by atoms with Crippen molar-refractivity contribution < 1.29 is 14.7 Å². The van der Waals surface area contributed by atoms with Gasteiger partial charge in [-0.25, -0.2) is 0 Å². The second kappa shape index (κ2) is 9.34. The number of hydrogen-bond acceptors (Lipinski definition) is 4. The molecule has 3 aromatic rings. The van der Waals surface area contributed by atoms with Crippen LogP contribution in [0.25, 0.3) is 11.3 Å². The fourth-order valence-electron chi connectivity index (χ4n) is 4.38. The average Bonchev–Trinajstić information content (AvgIpc) is 3.13. The number of carbonyl (C=O) groups is 2. The molecule has 2 heterocycles. The van der Waals surface area contributed by atoms with E-state index >= 15 is 0 Å². The number of anilines is 1. The van der Waals surface area contributed by atoms with Crippen molar-refractivity contribution in [3.05, 3.63) is 65.6 Å². The molecule has 0 radical (unpaired) electrons. The zero-order valence-electron chi connectivity index (χ0n) is 18.4. The van der Waals surface area contributed by atoms with Gasteiger partial charge in [-0.3, -0.25) is 19.3 Å². The molecule has 1 aliphatic rings. The number of aromatic nitrogens is 3. The highest BCUT2D eigenvalue weighted by Crippen LogP contribution is 2.37. The molecule has 7 heteroatoms. The third kappa shape index (κ3) is 5.04. The van der Waals surface area contributed by atoms with Crippen LogP contribution in [0.5, 0.6) is 0 Å². The predicted molar refractivity (Wildman–Crippen MR) is 123 cm³/mol. The summed E-state index contributed by atoms with van der Waals surface area (Å²) in [5, 5.41) is 16.0.